The molecule has 1 aliphatic heterocycles. The molecule has 0 atom stereocenters. The lowest BCUT2D eigenvalue weighted by Crippen LogP contribution is -2.29. The SMILES string of the molecule is N#Cc1ccc(CCc2ccc(CN3C(=O)c4ccccc4C3=O)cc2)cc1. The zero-order chi connectivity index (χ0) is 19.5. The minimum Gasteiger partial charge on any atom is -0.270 e. The van der Waals surface area contributed by atoms with E-state index in [1.807, 2.05) is 48.5 Å². The Bertz CT molecular complexity index is 1040. The molecule has 0 aromatic heterocycles. The van der Waals surface area contributed by atoms with E-state index in [4.69, 9.17) is 5.26 Å². The number of aryl methyl sites for hydroxylation is 2. The molecule has 4 rings (SSSR count). The summed E-state index contributed by atoms with van der Waals surface area (Å²) in [7, 11) is 0. The van der Waals surface area contributed by atoms with Gasteiger partial charge in [0.2, 0.25) is 0 Å². The van der Waals surface area contributed by atoms with Crippen LogP contribution in [-0.2, 0) is 19.4 Å². The third kappa shape index (κ3) is 3.43. The molecule has 0 radical (unpaired) electrons. The molecule has 1 heterocycles. The van der Waals surface area contributed by atoms with Crippen LogP contribution in [0.25, 0.3) is 0 Å². The Balaban J connectivity index is 1.39. The molecule has 0 unspecified atom stereocenters. The fourth-order valence-electron chi connectivity index (χ4n) is 3.41. The largest absolute Gasteiger partial charge is 0.270 e. The summed E-state index contributed by atoms with van der Waals surface area (Å²) in [4.78, 5) is 26.2. The zero-order valence-electron chi connectivity index (χ0n) is 15.3. The average Bonchev–Trinajstić information content (AvgIpc) is 2.99. The minimum atomic E-state index is -0.231. The molecule has 0 spiro atoms. The lowest BCUT2D eigenvalue weighted by Gasteiger charge is -2.14. The molecule has 0 saturated heterocycles. The summed E-state index contributed by atoms with van der Waals surface area (Å²) in [6, 6.07) is 24.7. The molecule has 0 aliphatic carbocycles. The van der Waals surface area contributed by atoms with E-state index in [0.717, 1.165) is 18.4 Å². The van der Waals surface area contributed by atoms with E-state index in [9.17, 15) is 9.59 Å². The standard InChI is InChI=1S/C24H18N2O2/c25-15-19-11-7-17(8-12-19)5-6-18-9-13-20(14-10-18)16-26-23(27)21-3-1-2-4-22(21)24(26)28/h1-4,7-14H,5-6,16H2. The van der Waals surface area contributed by atoms with Crippen molar-refractivity contribution >= 4 is 11.8 Å². The highest BCUT2D eigenvalue weighted by Gasteiger charge is 2.34. The minimum absolute atomic E-state index is 0.231. The van der Waals surface area contributed by atoms with Gasteiger partial charge in [0.25, 0.3) is 11.8 Å². The predicted octanol–water partition coefficient (Wildman–Crippen LogP) is 4.14. The van der Waals surface area contributed by atoms with Crippen molar-refractivity contribution in [3.8, 4) is 6.07 Å². The molecule has 0 bridgehead atoms. The molecule has 2 amide bonds. The second-order valence-corrected chi connectivity index (χ2v) is 6.87. The Morgan fingerprint density at radius 1 is 0.679 bits per heavy atom. The van der Waals surface area contributed by atoms with Gasteiger partial charge in [0.05, 0.1) is 29.3 Å². The van der Waals surface area contributed by atoms with E-state index < -0.39 is 0 Å². The molecule has 0 fully saturated rings. The van der Waals surface area contributed by atoms with E-state index >= 15 is 0 Å². The fourth-order valence-corrected chi connectivity index (χ4v) is 3.41. The normalized spacial score (nSPS) is 12.8. The zero-order valence-corrected chi connectivity index (χ0v) is 15.3. The van der Waals surface area contributed by atoms with Gasteiger partial charge < -0.3 is 0 Å². The maximum absolute atomic E-state index is 12.5. The van der Waals surface area contributed by atoms with E-state index in [1.165, 1.54) is 16.0 Å². The fraction of sp³-hybridized carbons (Fsp3) is 0.125. The van der Waals surface area contributed by atoms with Gasteiger partial charge >= 0.3 is 0 Å². The van der Waals surface area contributed by atoms with Crippen LogP contribution in [0.5, 0.6) is 0 Å². The number of hydrogen-bond donors (Lipinski definition) is 0. The molecule has 0 N–H and O–H groups in total. The van der Waals surface area contributed by atoms with Crippen molar-refractivity contribution in [2.24, 2.45) is 0 Å². The monoisotopic (exact) mass is 366 g/mol. The number of nitriles is 1. The first-order valence-corrected chi connectivity index (χ1v) is 9.18. The van der Waals surface area contributed by atoms with Gasteiger partial charge in [-0.05, 0) is 53.8 Å². The van der Waals surface area contributed by atoms with Gasteiger partial charge in [-0.1, -0.05) is 48.5 Å². The van der Waals surface area contributed by atoms with Crippen LogP contribution in [0.15, 0.2) is 72.8 Å². The number of amides is 2. The molecule has 3 aromatic carbocycles. The van der Waals surface area contributed by atoms with E-state index in [2.05, 4.69) is 6.07 Å². The molecule has 136 valence electrons. The van der Waals surface area contributed by atoms with Gasteiger partial charge in [-0.15, -0.1) is 0 Å². The first-order chi connectivity index (χ1) is 13.7. The van der Waals surface area contributed by atoms with E-state index in [-0.39, 0.29) is 18.4 Å². The molecule has 1 aliphatic rings. The van der Waals surface area contributed by atoms with Gasteiger partial charge in [0, 0.05) is 0 Å². The van der Waals surface area contributed by atoms with Gasteiger partial charge in [0.1, 0.15) is 0 Å². The summed E-state index contributed by atoms with van der Waals surface area (Å²) in [5.74, 6) is -0.462. The maximum Gasteiger partial charge on any atom is 0.261 e. The Kier molecular flexibility index (Phi) is 4.74. The average molecular weight is 366 g/mol. The number of rotatable bonds is 5. The number of benzene rings is 3. The van der Waals surface area contributed by atoms with Crippen molar-refractivity contribution in [2.75, 3.05) is 0 Å². The van der Waals surface area contributed by atoms with Gasteiger partial charge in [0.15, 0.2) is 0 Å². The van der Waals surface area contributed by atoms with Crippen LogP contribution in [0.3, 0.4) is 0 Å². The highest BCUT2D eigenvalue weighted by molar-refractivity contribution is 6.21. The predicted molar refractivity (Wildman–Crippen MR) is 106 cm³/mol. The topological polar surface area (TPSA) is 61.2 Å². The van der Waals surface area contributed by atoms with Crippen molar-refractivity contribution in [3.63, 3.8) is 0 Å². The van der Waals surface area contributed by atoms with Crippen LogP contribution >= 0.6 is 0 Å². The summed E-state index contributed by atoms with van der Waals surface area (Å²) in [5.41, 5.74) is 4.93. The lowest BCUT2D eigenvalue weighted by molar-refractivity contribution is 0.0642. The summed E-state index contributed by atoms with van der Waals surface area (Å²) in [6.07, 6.45) is 1.78. The number of fused-ring (bicyclic) bond motifs is 1. The highest BCUT2D eigenvalue weighted by atomic mass is 16.2. The second-order valence-electron chi connectivity index (χ2n) is 6.87. The molecular formula is C24H18N2O2. The van der Waals surface area contributed by atoms with Crippen molar-refractivity contribution in [3.05, 3.63) is 106 Å². The Labute approximate surface area is 163 Å². The third-order valence-electron chi connectivity index (χ3n) is 5.03. The summed E-state index contributed by atoms with van der Waals surface area (Å²) in [6.45, 7) is 0.280. The first-order valence-electron chi connectivity index (χ1n) is 9.18. The Morgan fingerprint density at radius 3 is 1.64 bits per heavy atom. The molecule has 3 aromatic rings. The van der Waals surface area contributed by atoms with Crippen LogP contribution in [0.2, 0.25) is 0 Å². The molecular weight excluding hydrogens is 348 g/mol. The third-order valence-corrected chi connectivity index (χ3v) is 5.03. The van der Waals surface area contributed by atoms with Crippen molar-refractivity contribution in [1.82, 2.24) is 4.90 Å². The lowest BCUT2D eigenvalue weighted by atomic mass is 10.0. The Morgan fingerprint density at radius 2 is 1.14 bits per heavy atom. The van der Waals surface area contributed by atoms with Gasteiger partial charge in [-0.25, -0.2) is 0 Å². The number of hydrogen-bond acceptors (Lipinski definition) is 3. The summed E-state index contributed by atoms with van der Waals surface area (Å²) in [5, 5.41) is 8.85. The number of nitrogens with zero attached hydrogens (tertiary/aromatic N) is 2. The van der Waals surface area contributed by atoms with Crippen LogP contribution in [0, 0.1) is 11.3 Å². The molecule has 0 saturated carbocycles. The van der Waals surface area contributed by atoms with Crippen molar-refractivity contribution in [1.29, 1.82) is 5.26 Å². The van der Waals surface area contributed by atoms with Crippen LogP contribution < -0.4 is 0 Å². The summed E-state index contributed by atoms with van der Waals surface area (Å²) >= 11 is 0. The molecule has 4 heteroatoms. The van der Waals surface area contributed by atoms with Crippen molar-refractivity contribution < 1.29 is 9.59 Å². The number of imide groups is 1. The second kappa shape index (κ2) is 7.50. The first kappa shape index (κ1) is 17.7. The van der Waals surface area contributed by atoms with E-state index in [0.29, 0.717) is 16.7 Å². The van der Waals surface area contributed by atoms with Crippen molar-refractivity contribution in [2.45, 2.75) is 19.4 Å². The van der Waals surface area contributed by atoms with Gasteiger partial charge in [-0.2, -0.15) is 5.26 Å². The Hall–Kier alpha value is -3.71. The van der Waals surface area contributed by atoms with Crippen LogP contribution in [-0.4, -0.2) is 16.7 Å². The van der Waals surface area contributed by atoms with Crippen LogP contribution in [0.1, 0.15) is 43.0 Å². The van der Waals surface area contributed by atoms with E-state index in [1.54, 1.807) is 24.3 Å². The smallest absolute Gasteiger partial charge is 0.261 e. The molecule has 28 heavy (non-hydrogen) atoms. The van der Waals surface area contributed by atoms with Gasteiger partial charge in [-0.3, -0.25) is 14.5 Å². The number of carbonyl (C=O) groups is 2. The molecule has 4 nitrogen and oxygen atoms in total. The quantitative estimate of drug-likeness (QED) is 0.638. The maximum atomic E-state index is 12.5. The highest BCUT2D eigenvalue weighted by Crippen LogP contribution is 2.24. The number of carbonyl (C=O) groups excluding carboxylic acids is 2. The summed E-state index contributed by atoms with van der Waals surface area (Å²) < 4.78 is 0. The van der Waals surface area contributed by atoms with Crippen LogP contribution in [0.4, 0.5) is 0 Å².